The van der Waals surface area contributed by atoms with Gasteiger partial charge in [0.25, 0.3) is 0 Å². The lowest BCUT2D eigenvalue weighted by Gasteiger charge is -2.26. The molecule has 0 saturated carbocycles. The fraction of sp³-hybridized carbons (Fsp3) is 0.389. The van der Waals surface area contributed by atoms with Crippen molar-refractivity contribution in [1.29, 1.82) is 0 Å². The molecule has 2 aromatic rings. The van der Waals surface area contributed by atoms with Gasteiger partial charge in [-0.1, -0.05) is 12.1 Å². The number of fused-ring (bicyclic) bond motifs is 1. The normalized spacial score (nSPS) is 14.4. The van der Waals surface area contributed by atoms with Crippen LogP contribution in [0.25, 0.3) is 0 Å². The van der Waals surface area contributed by atoms with Crippen LogP contribution < -0.4 is 14.8 Å². The highest BCUT2D eigenvalue weighted by Gasteiger charge is 2.37. The van der Waals surface area contributed by atoms with Crippen LogP contribution in [0.2, 0.25) is 0 Å². The highest BCUT2D eigenvalue weighted by molar-refractivity contribution is 7.54. The number of nitrogens with zero attached hydrogens (tertiary/aromatic N) is 1. The third-order valence-corrected chi connectivity index (χ3v) is 6.15. The number of hydrogen-bond acceptors (Lipinski definition) is 7. The van der Waals surface area contributed by atoms with E-state index in [1.54, 1.807) is 20.0 Å². The van der Waals surface area contributed by atoms with Crippen LogP contribution in [-0.2, 0) is 20.2 Å². The third-order valence-electron chi connectivity index (χ3n) is 3.84. The Labute approximate surface area is 153 Å². The summed E-state index contributed by atoms with van der Waals surface area (Å²) >= 11 is 0. The van der Waals surface area contributed by atoms with E-state index < -0.39 is 13.4 Å². The standard InChI is InChI=1S/C18H23N2O5P/c1-3-24-26(21,25-4-2)18(15-7-5-6-10-19-15)20-12-14-8-9-16-17(11-14)23-13-22-16/h5-11,18,20H,3-4,12-13H2,1-2H3. The van der Waals surface area contributed by atoms with Crippen LogP contribution in [0.1, 0.15) is 30.9 Å². The van der Waals surface area contributed by atoms with E-state index in [-0.39, 0.29) is 20.0 Å². The first kappa shape index (κ1) is 18.9. The topological polar surface area (TPSA) is 78.9 Å². The molecule has 1 unspecified atom stereocenters. The van der Waals surface area contributed by atoms with E-state index in [1.807, 2.05) is 36.4 Å². The first-order valence-electron chi connectivity index (χ1n) is 8.58. The van der Waals surface area contributed by atoms with Gasteiger partial charge in [-0.05, 0) is 43.7 Å². The lowest BCUT2D eigenvalue weighted by molar-refractivity contribution is 0.174. The minimum atomic E-state index is -3.43. The lowest BCUT2D eigenvalue weighted by Crippen LogP contribution is -2.24. The average molecular weight is 378 g/mol. The summed E-state index contributed by atoms with van der Waals surface area (Å²) in [4.78, 5) is 4.34. The van der Waals surface area contributed by atoms with Crippen molar-refractivity contribution in [2.24, 2.45) is 0 Å². The molecule has 1 atom stereocenters. The quantitative estimate of drug-likeness (QED) is 0.664. The molecule has 1 N–H and O–H groups in total. The molecule has 0 aliphatic carbocycles. The Kier molecular flexibility index (Phi) is 6.27. The molecular formula is C18H23N2O5P. The second-order valence-corrected chi connectivity index (χ2v) is 7.71. The second kappa shape index (κ2) is 8.64. The molecule has 8 heteroatoms. The fourth-order valence-corrected chi connectivity index (χ4v) is 4.61. The molecule has 1 aliphatic rings. The Morgan fingerprint density at radius 1 is 1.15 bits per heavy atom. The summed E-state index contributed by atoms with van der Waals surface area (Å²) in [6.07, 6.45) is 1.66. The molecule has 0 amide bonds. The predicted octanol–water partition coefficient (Wildman–Crippen LogP) is 3.86. The molecule has 1 aromatic carbocycles. The van der Waals surface area contributed by atoms with Crippen LogP contribution in [0, 0.1) is 0 Å². The van der Waals surface area contributed by atoms with Gasteiger partial charge in [-0.15, -0.1) is 0 Å². The predicted molar refractivity (Wildman–Crippen MR) is 97.2 cm³/mol. The maximum Gasteiger partial charge on any atom is 0.353 e. The fourth-order valence-electron chi connectivity index (χ4n) is 2.73. The van der Waals surface area contributed by atoms with Crippen LogP contribution in [0.3, 0.4) is 0 Å². The minimum absolute atomic E-state index is 0.229. The van der Waals surface area contributed by atoms with Gasteiger partial charge in [-0.2, -0.15) is 0 Å². The van der Waals surface area contributed by atoms with Crippen molar-refractivity contribution in [2.75, 3.05) is 20.0 Å². The molecule has 140 valence electrons. The van der Waals surface area contributed by atoms with E-state index in [9.17, 15) is 4.57 Å². The summed E-state index contributed by atoms with van der Waals surface area (Å²) in [6.45, 7) is 4.82. The van der Waals surface area contributed by atoms with E-state index in [4.69, 9.17) is 18.5 Å². The van der Waals surface area contributed by atoms with E-state index in [0.717, 1.165) is 11.3 Å². The Morgan fingerprint density at radius 2 is 1.92 bits per heavy atom. The molecule has 7 nitrogen and oxygen atoms in total. The van der Waals surface area contributed by atoms with Gasteiger partial charge in [-0.25, -0.2) is 0 Å². The minimum Gasteiger partial charge on any atom is -0.454 e. The number of nitrogens with one attached hydrogen (secondary N) is 1. The molecular weight excluding hydrogens is 355 g/mol. The Hall–Kier alpha value is -1.92. The van der Waals surface area contributed by atoms with Gasteiger partial charge in [0.2, 0.25) is 6.79 Å². The molecule has 26 heavy (non-hydrogen) atoms. The molecule has 3 rings (SSSR count). The maximum atomic E-state index is 13.3. The van der Waals surface area contributed by atoms with Crippen molar-refractivity contribution >= 4 is 7.60 Å². The highest BCUT2D eigenvalue weighted by atomic mass is 31.2. The van der Waals surface area contributed by atoms with E-state index in [1.165, 1.54) is 0 Å². The van der Waals surface area contributed by atoms with Crippen LogP contribution in [0.5, 0.6) is 11.5 Å². The Morgan fingerprint density at radius 3 is 2.62 bits per heavy atom. The van der Waals surface area contributed by atoms with Gasteiger partial charge < -0.3 is 18.5 Å². The van der Waals surface area contributed by atoms with Crippen LogP contribution in [-0.4, -0.2) is 25.0 Å². The molecule has 2 heterocycles. The summed E-state index contributed by atoms with van der Waals surface area (Å²) in [5.74, 6) is 0.759. The Bertz CT molecular complexity index is 761. The smallest absolute Gasteiger partial charge is 0.353 e. The van der Waals surface area contributed by atoms with Crippen molar-refractivity contribution in [1.82, 2.24) is 10.3 Å². The van der Waals surface area contributed by atoms with Crippen LogP contribution in [0.15, 0.2) is 42.6 Å². The van der Waals surface area contributed by atoms with Gasteiger partial charge >= 0.3 is 7.60 Å². The zero-order chi connectivity index (χ0) is 18.4. The first-order chi connectivity index (χ1) is 12.7. The number of ether oxygens (including phenoxy) is 2. The van der Waals surface area contributed by atoms with Gasteiger partial charge in [0.05, 0.1) is 18.9 Å². The largest absolute Gasteiger partial charge is 0.454 e. The third kappa shape index (κ3) is 4.24. The average Bonchev–Trinajstić information content (AvgIpc) is 3.11. The number of pyridine rings is 1. The second-order valence-electron chi connectivity index (χ2n) is 5.60. The number of aromatic nitrogens is 1. The zero-order valence-corrected chi connectivity index (χ0v) is 15.8. The highest BCUT2D eigenvalue weighted by Crippen LogP contribution is 2.59. The molecule has 0 fully saturated rings. The molecule has 0 bridgehead atoms. The number of benzene rings is 1. The Balaban J connectivity index is 1.82. The summed E-state index contributed by atoms with van der Waals surface area (Å²) < 4.78 is 35.1. The summed E-state index contributed by atoms with van der Waals surface area (Å²) in [5, 5.41) is 3.28. The summed E-state index contributed by atoms with van der Waals surface area (Å²) in [7, 11) is -3.43. The molecule has 0 radical (unpaired) electrons. The van der Waals surface area contributed by atoms with Crippen molar-refractivity contribution in [3.05, 3.63) is 53.9 Å². The van der Waals surface area contributed by atoms with Crippen molar-refractivity contribution in [2.45, 2.75) is 26.2 Å². The maximum absolute atomic E-state index is 13.3. The SMILES string of the molecule is CCOP(=O)(OCC)C(NCc1ccc2c(c1)OCO2)c1ccccn1. The van der Waals surface area contributed by atoms with Gasteiger partial charge in [0.15, 0.2) is 17.3 Å². The van der Waals surface area contributed by atoms with Crippen LogP contribution in [0.4, 0.5) is 0 Å². The number of hydrogen-bond donors (Lipinski definition) is 1. The molecule has 1 aliphatic heterocycles. The van der Waals surface area contributed by atoms with Gasteiger partial charge in [0.1, 0.15) is 0 Å². The monoisotopic (exact) mass is 378 g/mol. The molecule has 0 spiro atoms. The molecule has 0 saturated heterocycles. The first-order valence-corrected chi connectivity index (χ1v) is 10.2. The molecule has 1 aromatic heterocycles. The van der Waals surface area contributed by atoms with Gasteiger partial charge in [0, 0.05) is 12.7 Å². The van der Waals surface area contributed by atoms with E-state index in [0.29, 0.717) is 18.0 Å². The van der Waals surface area contributed by atoms with Crippen LogP contribution >= 0.6 is 7.60 Å². The van der Waals surface area contributed by atoms with Crippen molar-refractivity contribution in [3.8, 4) is 11.5 Å². The number of rotatable bonds is 9. The van der Waals surface area contributed by atoms with E-state index in [2.05, 4.69) is 10.3 Å². The van der Waals surface area contributed by atoms with Gasteiger partial charge in [-0.3, -0.25) is 14.9 Å². The van der Waals surface area contributed by atoms with Crippen molar-refractivity contribution < 1.29 is 23.1 Å². The summed E-state index contributed by atoms with van der Waals surface area (Å²) in [6, 6.07) is 11.2. The lowest BCUT2D eigenvalue weighted by atomic mass is 10.2. The van der Waals surface area contributed by atoms with E-state index >= 15 is 0 Å². The summed E-state index contributed by atoms with van der Waals surface area (Å²) in [5.41, 5.74) is 1.58. The van der Waals surface area contributed by atoms with Crippen molar-refractivity contribution in [3.63, 3.8) is 0 Å². The zero-order valence-electron chi connectivity index (χ0n) is 14.9.